The van der Waals surface area contributed by atoms with Gasteiger partial charge in [0.05, 0.1) is 13.2 Å². The van der Waals surface area contributed by atoms with Gasteiger partial charge in [0.1, 0.15) is 11.5 Å². The number of nitrogens with zero attached hydrogens (tertiary/aromatic N) is 4. The molecule has 0 bridgehead atoms. The molecule has 0 aliphatic carbocycles. The van der Waals surface area contributed by atoms with E-state index < -0.39 is 0 Å². The Morgan fingerprint density at radius 2 is 1.92 bits per heavy atom. The van der Waals surface area contributed by atoms with Crippen LogP contribution in [0.1, 0.15) is 30.3 Å². The van der Waals surface area contributed by atoms with Crippen molar-refractivity contribution >= 4 is 11.7 Å². The molecule has 1 saturated heterocycles. The second-order valence-corrected chi connectivity index (χ2v) is 6.48. The summed E-state index contributed by atoms with van der Waals surface area (Å²) >= 11 is 0. The Bertz CT molecular complexity index is 730. The fourth-order valence-corrected chi connectivity index (χ4v) is 2.89. The number of aromatic nitrogens is 2. The van der Waals surface area contributed by atoms with Crippen LogP contribution in [-0.4, -0.2) is 60.7 Å². The van der Waals surface area contributed by atoms with Gasteiger partial charge < -0.3 is 14.5 Å². The molecule has 138 valence electrons. The quantitative estimate of drug-likeness (QED) is 0.798. The maximum atomic E-state index is 12.9. The lowest BCUT2D eigenvalue weighted by atomic mass is 10.2. The predicted octanol–water partition coefficient (Wildman–Crippen LogP) is 2.85. The molecule has 6 heteroatoms. The maximum Gasteiger partial charge on any atom is 0.272 e. The van der Waals surface area contributed by atoms with Crippen molar-refractivity contribution in [2.75, 3.05) is 44.8 Å². The van der Waals surface area contributed by atoms with E-state index in [1.807, 2.05) is 37.4 Å². The summed E-state index contributed by atoms with van der Waals surface area (Å²) in [5.74, 6) is 1.31. The highest BCUT2D eigenvalue weighted by atomic mass is 16.5. The van der Waals surface area contributed by atoms with Gasteiger partial charge >= 0.3 is 0 Å². The summed E-state index contributed by atoms with van der Waals surface area (Å²) in [6.07, 6.45) is 2.19. The van der Waals surface area contributed by atoms with E-state index in [0.717, 1.165) is 30.8 Å². The zero-order valence-electron chi connectivity index (χ0n) is 15.5. The molecule has 2 aromatic rings. The predicted molar refractivity (Wildman–Crippen MR) is 102 cm³/mol. The van der Waals surface area contributed by atoms with E-state index >= 15 is 0 Å². The van der Waals surface area contributed by atoms with Crippen LogP contribution in [-0.2, 0) is 4.74 Å². The molecule has 1 aliphatic rings. The molecule has 26 heavy (non-hydrogen) atoms. The van der Waals surface area contributed by atoms with Crippen LogP contribution in [0.2, 0.25) is 0 Å². The van der Waals surface area contributed by atoms with Crippen LogP contribution in [0.15, 0.2) is 36.4 Å². The van der Waals surface area contributed by atoms with E-state index in [1.54, 1.807) is 11.0 Å². The number of rotatable bonds is 6. The molecule has 1 aromatic heterocycles. The summed E-state index contributed by atoms with van der Waals surface area (Å²) in [5.41, 5.74) is 1.35. The lowest BCUT2D eigenvalue weighted by Crippen LogP contribution is -2.41. The molecule has 0 spiro atoms. The van der Waals surface area contributed by atoms with Gasteiger partial charge in [-0.3, -0.25) is 4.79 Å². The molecule has 0 unspecified atom stereocenters. The second-order valence-electron chi connectivity index (χ2n) is 6.48. The first-order chi connectivity index (χ1) is 12.7. The number of amides is 1. The standard InChI is InChI=1S/C20H26N4O2/c1-3-4-10-23(2)18-15-17(20(25)24-11-13-26-14-12-24)21-19(22-18)16-8-6-5-7-9-16/h5-9,15H,3-4,10-14H2,1-2H3. The zero-order chi connectivity index (χ0) is 18.4. The van der Waals surface area contributed by atoms with Crippen LogP contribution < -0.4 is 4.90 Å². The molecule has 1 fully saturated rings. The molecule has 2 heterocycles. The second kappa shape index (κ2) is 8.76. The number of ether oxygens (including phenoxy) is 1. The molecule has 6 nitrogen and oxygen atoms in total. The first kappa shape index (κ1) is 18.3. The number of morpholine rings is 1. The summed E-state index contributed by atoms with van der Waals surface area (Å²) in [5, 5.41) is 0. The Morgan fingerprint density at radius 3 is 2.62 bits per heavy atom. The topological polar surface area (TPSA) is 58.6 Å². The van der Waals surface area contributed by atoms with Crippen LogP contribution in [0.5, 0.6) is 0 Å². The van der Waals surface area contributed by atoms with Gasteiger partial charge in [-0.1, -0.05) is 43.7 Å². The fraction of sp³-hybridized carbons (Fsp3) is 0.450. The fourth-order valence-electron chi connectivity index (χ4n) is 2.89. The van der Waals surface area contributed by atoms with Crippen LogP contribution >= 0.6 is 0 Å². The minimum atomic E-state index is -0.0574. The van der Waals surface area contributed by atoms with E-state index in [4.69, 9.17) is 9.72 Å². The van der Waals surface area contributed by atoms with Crippen LogP contribution in [0.3, 0.4) is 0 Å². The Kier molecular flexibility index (Phi) is 6.17. The Hall–Kier alpha value is -2.47. The van der Waals surface area contributed by atoms with E-state index in [2.05, 4.69) is 16.8 Å². The van der Waals surface area contributed by atoms with E-state index in [9.17, 15) is 4.79 Å². The van der Waals surface area contributed by atoms with Gasteiger partial charge in [-0.2, -0.15) is 0 Å². The van der Waals surface area contributed by atoms with Crippen molar-refractivity contribution in [3.8, 4) is 11.4 Å². The monoisotopic (exact) mass is 354 g/mol. The minimum absolute atomic E-state index is 0.0574. The third-order valence-corrected chi connectivity index (χ3v) is 4.50. The SMILES string of the molecule is CCCCN(C)c1cc(C(=O)N2CCOCC2)nc(-c2ccccc2)n1. The molecular formula is C20H26N4O2. The average molecular weight is 354 g/mol. The molecule has 3 rings (SSSR count). The minimum Gasteiger partial charge on any atom is -0.378 e. The normalized spacial score (nSPS) is 14.3. The molecule has 0 N–H and O–H groups in total. The summed E-state index contributed by atoms with van der Waals surface area (Å²) in [4.78, 5) is 26.1. The van der Waals surface area contributed by atoms with Crippen molar-refractivity contribution in [1.82, 2.24) is 14.9 Å². The number of unbranched alkanes of at least 4 members (excludes halogenated alkanes) is 1. The van der Waals surface area contributed by atoms with Crippen LogP contribution in [0, 0.1) is 0 Å². The molecule has 0 saturated carbocycles. The summed E-state index contributed by atoms with van der Waals surface area (Å²) in [6.45, 7) is 5.41. The highest BCUT2D eigenvalue weighted by Crippen LogP contribution is 2.21. The van der Waals surface area contributed by atoms with Crippen LogP contribution in [0.25, 0.3) is 11.4 Å². The Morgan fingerprint density at radius 1 is 1.19 bits per heavy atom. The molecule has 1 amide bonds. The highest BCUT2D eigenvalue weighted by molar-refractivity contribution is 5.93. The van der Waals surface area contributed by atoms with Crippen molar-refractivity contribution < 1.29 is 9.53 Å². The number of anilines is 1. The zero-order valence-corrected chi connectivity index (χ0v) is 15.5. The van der Waals surface area contributed by atoms with E-state index in [1.165, 1.54) is 0 Å². The Balaban J connectivity index is 1.95. The lowest BCUT2D eigenvalue weighted by molar-refractivity contribution is 0.0299. The van der Waals surface area contributed by atoms with Gasteiger partial charge in [0, 0.05) is 38.3 Å². The van der Waals surface area contributed by atoms with Gasteiger partial charge in [-0.15, -0.1) is 0 Å². The average Bonchev–Trinajstić information content (AvgIpc) is 2.72. The van der Waals surface area contributed by atoms with E-state index in [0.29, 0.717) is 37.8 Å². The molecule has 1 aliphatic heterocycles. The van der Waals surface area contributed by atoms with Crippen molar-refractivity contribution in [3.63, 3.8) is 0 Å². The smallest absolute Gasteiger partial charge is 0.272 e. The molecular weight excluding hydrogens is 328 g/mol. The molecule has 0 atom stereocenters. The van der Waals surface area contributed by atoms with Crippen molar-refractivity contribution in [2.24, 2.45) is 0 Å². The third-order valence-electron chi connectivity index (χ3n) is 4.50. The van der Waals surface area contributed by atoms with E-state index in [-0.39, 0.29) is 5.91 Å². The van der Waals surface area contributed by atoms with Gasteiger partial charge in [0.25, 0.3) is 5.91 Å². The highest BCUT2D eigenvalue weighted by Gasteiger charge is 2.22. The number of carbonyl (C=O) groups is 1. The molecule has 1 aromatic carbocycles. The van der Waals surface area contributed by atoms with Gasteiger partial charge in [0.2, 0.25) is 0 Å². The summed E-state index contributed by atoms with van der Waals surface area (Å²) in [7, 11) is 2.01. The van der Waals surface area contributed by atoms with Gasteiger partial charge in [0.15, 0.2) is 5.82 Å². The lowest BCUT2D eigenvalue weighted by Gasteiger charge is -2.27. The van der Waals surface area contributed by atoms with Crippen molar-refractivity contribution in [2.45, 2.75) is 19.8 Å². The number of carbonyl (C=O) groups excluding carboxylic acids is 1. The maximum absolute atomic E-state index is 12.9. The first-order valence-electron chi connectivity index (χ1n) is 9.21. The number of hydrogen-bond donors (Lipinski definition) is 0. The first-order valence-corrected chi connectivity index (χ1v) is 9.21. The summed E-state index contributed by atoms with van der Waals surface area (Å²) in [6, 6.07) is 11.6. The van der Waals surface area contributed by atoms with Gasteiger partial charge in [-0.25, -0.2) is 9.97 Å². The Labute approximate surface area is 154 Å². The number of hydrogen-bond acceptors (Lipinski definition) is 5. The molecule has 0 radical (unpaired) electrons. The van der Waals surface area contributed by atoms with Crippen molar-refractivity contribution in [3.05, 3.63) is 42.1 Å². The third kappa shape index (κ3) is 4.38. The van der Waals surface area contributed by atoms with Crippen molar-refractivity contribution in [1.29, 1.82) is 0 Å². The van der Waals surface area contributed by atoms with Gasteiger partial charge in [-0.05, 0) is 6.42 Å². The number of benzene rings is 1. The summed E-state index contributed by atoms with van der Waals surface area (Å²) < 4.78 is 5.35. The largest absolute Gasteiger partial charge is 0.378 e. The van der Waals surface area contributed by atoms with Crippen LogP contribution in [0.4, 0.5) is 5.82 Å².